The molecule has 1 fully saturated rings. The number of allylic oxidation sites excluding steroid dienone is 1. The van der Waals surface area contributed by atoms with Crippen molar-refractivity contribution in [3.63, 3.8) is 0 Å². The zero-order valence-corrected chi connectivity index (χ0v) is 25.1. The van der Waals surface area contributed by atoms with Crippen LogP contribution in [0.1, 0.15) is 109 Å². The third-order valence-electron chi connectivity index (χ3n) is 8.61. The Morgan fingerprint density at radius 2 is 1.79 bits per heavy atom. The van der Waals surface area contributed by atoms with Crippen LogP contribution < -0.4 is 10.6 Å². The molecule has 0 saturated carbocycles. The van der Waals surface area contributed by atoms with Gasteiger partial charge in [0.1, 0.15) is 0 Å². The maximum Gasteiger partial charge on any atom is 0.220 e. The Morgan fingerprint density at radius 1 is 1.08 bits per heavy atom. The van der Waals surface area contributed by atoms with Gasteiger partial charge >= 0.3 is 0 Å². The number of piperidine rings is 1. The Hall–Kier alpha value is -1.98. The molecule has 0 radical (unpaired) electrons. The number of nitrogens with zero attached hydrogens (tertiary/aromatic N) is 2. The van der Waals surface area contributed by atoms with E-state index >= 15 is 0 Å². The Labute approximate surface area is 234 Å². The van der Waals surface area contributed by atoms with Crippen LogP contribution in [-0.2, 0) is 4.79 Å². The molecule has 1 aromatic carbocycles. The van der Waals surface area contributed by atoms with Crippen molar-refractivity contribution in [1.82, 2.24) is 15.5 Å². The third-order valence-corrected chi connectivity index (χ3v) is 8.61. The molecular weight excluding hydrogens is 468 g/mol. The Kier molecular flexibility index (Phi) is 15.6. The molecular formula is C33H56N4O. The highest BCUT2D eigenvalue weighted by Gasteiger charge is 2.20. The van der Waals surface area contributed by atoms with E-state index < -0.39 is 0 Å². The monoisotopic (exact) mass is 524 g/mol. The minimum absolute atomic E-state index is 0.221. The summed E-state index contributed by atoms with van der Waals surface area (Å²) in [4.78, 5) is 19.4. The number of amides is 1. The van der Waals surface area contributed by atoms with Crippen molar-refractivity contribution in [2.24, 2.45) is 16.8 Å². The molecule has 0 aromatic heterocycles. The molecule has 1 aromatic rings. The van der Waals surface area contributed by atoms with Gasteiger partial charge in [0.15, 0.2) is 0 Å². The molecule has 5 heteroatoms. The van der Waals surface area contributed by atoms with Gasteiger partial charge in [-0.3, -0.25) is 9.79 Å². The van der Waals surface area contributed by atoms with Gasteiger partial charge in [0, 0.05) is 25.6 Å². The van der Waals surface area contributed by atoms with Gasteiger partial charge < -0.3 is 15.5 Å². The van der Waals surface area contributed by atoms with E-state index in [2.05, 4.69) is 85.3 Å². The number of carbonyl (C=O) groups is 1. The Balaban J connectivity index is 1.88. The van der Waals surface area contributed by atoms with Gasteiger partial charge in [0.05, 0.1) is 5.70 Å². The fourth-order valence-electron chi connectivity index (χ4n) is 5.84. The highest BCUT2D eigenvalue weighted by Crippen LogP contribution is 2.30. The van der Waals surface area contributed by atoms with Crippen LogP contribution in [0.2, 0.25) is 0 Å². The van der Waals surface area contributed by atoms with Crippen LogP contribution in [-0.4, -0.2) is 56.8 Å². The lowest BCUT2D eigenvalue weighted by molar-refractivity contribution is -0.122. The number of rotatable bonds is 18. The number of aliphatic imine (C=N–C) groups is 1. The van der Waals surface area contributed by atoms with E-state index in [1.807, 2.05) is 7.05 Å². The quantitative estimate of drug-likeness (QED) is 0.160. The van der Waals surface area contributed by atoms with Crippen molar-refractivity contribution < 1.29 is 4.79 Å². The normalized spacial score (nSPS) is 17.7. The molecule has 1 heterocycles. The van der Waals surface area contributed by atoms with Gasteiger partial charge in [-0.2, -0.15) is 0 Å². The number of nitrogens with one attached hydrogen (secondary N) is 2. The summed E-state index contributed by atoms with van der Waals surface area (Å²) >= 11 is 0. The maximum absolute atomic E-state index is 12.5. The standard InChI is InChI=1S/C33H56N4O/c1-7-27(14-12-15-33(38)36-31-20-23-37(9-3)24-21-31)29-16-18-30(19-17-29)32(35-6)25-28(8-2)26(4)13-10-11-22-34-5/h16-19,25-28,31,34H,6-15,20-24H2,1-5H3,(H,36,38)/b32-25-. The van der Waals surface area contributed by atoms with Crippen molar-refractivity contribution in [2.75, 3.05) is 33.2 Å². The molecule has 2 rings (SSSR count). The molecule has 1 amide bonds. The molecule has 0 aliphatic carbocycles. The molecule has 214 valence electrons. The number of likely N-dealkylation sites (tertiary alicyclic amines) is 1. The van der Waals surface area contributed by atoms with Gasteiger partial charge in [0.25, 0.3) is 0 Å². The number of hydrogen-bond donors (Lipinski definition) is 2. The first-order valence-corrected chi connectivity index (χ1v) is 15.4. The minimum atomic E-state index is 0.221. The van der Waals surface area contributed by atoms with Crippen molar-refractivity contribution >= 4 is 18.3 Å². The summed E-state index contributed by atoms with van der Waals surface area (Å²) in [5, 5.41) is 6.52. The molecule has 0 bridgehead atoms. The molecule has 3 unspecified atom stereocenters. The Bertz CT molecular complexity index is 826. The lowest BCUT2D eigenvalue weighted by atomic mass is 9.86. The summed E-state index contributed by atoms with van der Waals surface area (Å²) < 4.78 is 0. The van der Waals surface area contributed by atoms with Crippen LogP contribution in [0.25, 0.3) is 5.70 Å². The maximum atomic E-state index is 12.5. The van der Waals surface area contributed by atoms with Gasteiger partial charge in [-0.1, -0.05) is 70.9 Å². The smallest absolute Gasteiger partial charge is 0.220 e. The Morgan fingerprint density at radius 3 is 2.37 bits per heavy atom. The summed E-state index contributed by atoms with van der Waals surface area (Å²) in [7, 11) is 2.02. The van der Waals surface area contributed by atoms with Crippen LogP contribution in [0.5, 0.6) is 0 Å². The largest absolute Gasteiger partial charge is 0.353 e. The SMILES string of the molecule is C=N/C(=C\C(CC)C(C)CCCCNC)c1ccc(C(CC)CCCC(=O)NC2CCN(CC)CC2)cc1. The van der Waals surface area contributed by atoms with Crippen LogP contribution in [0, 0.1) is 11.8 Å². The van der Waals surface area contributed by atoms with E-state index in [-0.39, 0.29) is 5.91 Å². The van der Waals surface area contributed by atoms with Gasteiger partial charge in [-0.25, -0.2) is 0 Å². The number of unbranched alkanes of at least 4 members (excludes halogenated alkanes) is 1. The van der Waals surface area contributed by atoms with E-state index in [1.54, 1.807) is 0 Å². The number of carbonyl (C=O) groups excluding carboxylic acids is 1. The van der Waals surface area contributed by atoms with E-state index in [0.29, 0.717) is 30.2 Å². The number of hydrogen-bond acceptors (Lipinski definition) is 4. The predicted octanol–water partition coefficient (Wildman–Crippen LogP) is 7.04. The van der Waals surface area contributed by atoms with Crippen molar-refractivity contribution in [3.05, 3.63) is 41.5 Å². The van der Waals surface area contributed by atoms with E-state index in [0.717, 1.165) is 76.0 Å². The molecule has 0 spiro atoms. The summed E-state index contributed by atoms with van der Waals surface area (Å²) in [5.74, 6) is 1.85. The third kappa shape index (κ3) is 11.0. The molecule has 1 saturated heterocycles. The first kappa shape index (κ1) is 32.2. The van der Waals surface area contributed by atoms with Crippen molar-refractivity contribution in [2.45, 2.75) is 104 Å². The van der Waals surface area contributed by atoms with Crippen molar-refractivity contribution in [1.29, 1.82) is 0 Å². The van der Waals surface area contributed by atoms with Crippen LogP contribution >= 0.6 is 0 Å². The van der Waals surface area contributed by atoms with E-state index in [9.17, 15) is 4.79 Å². The molecule has 1 aliphatic heterocycles. The van der Waals surface area contributed by atoms with E-state index in [4.69, 9.17) is 0 Å². The summed E-state index contributed by atoms with van der Waals surface area (Å²) in [6.07, 6.45) is 13.0. The first-order valence-electron chi connectivity index (χ1n) is 15.4. The second-order valence-corrected chi connectivity index (χ2v) is 11.3. The molecule has 1 aliphatic rings. The van der Waals surface area contributed by atoms with Crippen LogP contribution in [0.4, 0.5) is 0 Å². The zero-order chi connectivity index (χ0) is 27.8. The summed E-state index contributed by atoms with van der Waals surface area (Å²) in [6, 6.07) is 9.28. The molecule has 2 N–H and O–H groups in total. The molecule has 3 atom stereocenters. The topological polar surface area (TPSA) is 56.7 Å². The van der Waals surface area contributed by atoms with Gasteiger partial charge in [-0.15, -0.1) is 0 Å². The highest BCUT2D eigenvalue weighted by atomic mass is 16.1. The fourth-order valence-corrected chi connectivity index (χ4v) is 5.84. The summed E-state index contributed by atoms with van der Waals surface area (Å²) in [6.45, 7) is 17.4. The van der Waals surface area contributed by atoms with E-state index in [1.165, 1.54) is 24.8 Å². The van der Waals surface area contributed by atoms with Crippen LogP contribution in [0.15, 0.2) is 35.3 Å². The number of benzene rings is 1. The molecule has 5 nitrogen and oxygen atoms in total. The second-order valence-electron chi connectivity index (χ2n) is 11.3. The van der Waals surface area contributed by atoms with Gasteiger partial charge in [-0.05, 0) is 101 Å². The highest BCUT2D eigenvalue weighted by molar-refractivity contribution is 5.76. The zero-order valence-electron chi connectivity index (χ0n) is 25.1. The van der Waals surface area contributed by atoms with Crippen LogP contribution in [0.3, 0.4) is 0 Å². The lowest BCUT2D eigenvalue weighted by Crippen LogP contribution is -2.44. The second kappa shape index (κ2) is 18.3. The predicted molar refractivity (Wildman–Crippen MR) is 165 cm³/mol. The van der Waals surface area contributed by atoms with Gasteiger partial charge in [0.2, 0.25) is 5.91 Å². The first-order chi connectivity index (χ1) is 18.4. The summed E-state index contributed by atoms with van der Waals surface area (Å²) in [5.41, 5.74) is 3.50. The average Bonchev–Trinajstić information content (AvgIpc) is 2.94. The minimum Gasteiger partial charge on any atom is -0.353 e. The molecule has 38 heavy (non-hydrogen) atoms. The average molecular weight is 525 g/mol. The van der Waals surface area contributed by atoms with Crippen molar-refractivity contribution in [3.8, 4) is 0 Å². The fraction of sp³-hybridized carbons (Fsp3) is 0.697. The lowest BCUT2D eigenvalue weighted by Gasteiger charge is -2.31.